The van der Waals surface area contributed by atoms with Gasteiger partial charge < -0.3 is 14.5 Å². The zero-order valence-corrected chi connectivity index (χ0v) is 19.1. The van der Waals surface area contributed by atoms with Crippen LogP contribution in [0.25, 0.3) is 0 Å². The lowest BCUT2D eigenvalue weighted by atomic mass is 10.1. The van der Waals surface area contributed by atoms with Crippen LogP contribution in [0.5, 0.6) is 5.88 Å². The van der Waals surface area contributed by atoms with E-state index in [0.717, 1.165) is 11.6 Å². The normalized spacial score (nSPS) is 13.9. The van der Waals surface area contributed by atoms with Crippen LogP contribution in [0.15, 0.2) is 54.6 Å². The topological polar surface area (TPSA) is 87.7 Å². The molecular formula is C24H21F4N5O3. The molecule has 1 aliphatic heterocycles. The summed E-state index contributed by atoms with van der Waals surface area (Å²) in [6.45, 7) is 2.77. The standard InChI is InChI=1S/C24H21F4N5O3/c1-15-6-7-18(25)19(14-15)29-23(35)36-21-9-8-20(30-31-21)32-10-12-33(13-11-32)22(34)16-4-2-3-5-17(16)24(26,27)28/h2-9,14H,10-13H2,1H3,(H,29,35). The van der Waals surface area contributed by atoms with Gasteiger partial charge in [-0.15, -0.1) is 10.2 Å². The van der Waals surface area contributed by atoms with Gasteiger partial charge in [-0.3, -0.25) is 10.1 Å². The second kappa shape index (κ2) is 10.2. The Hall–Kier alpha value is -4.22. The lowest BCUT2D eigenvalue weighted by molar-refractivity contribution is -0.138. The van der Waals surface area contributed by atoms with E-state index in [4.69, 9.17) is 4.74 Å². The number of carbonyl (C=O) groups excluding carboxylic acids is 2. The number of amides is 2. The van der Waals surface area contributed by atoms with E-state index in [2.05, 4.69) is 15.5 Å². The van der Waals surface area contributed by atoms with Gasteiger partial charge in [0.05, 0.1) is 16.8 Å². The van der Waals surface area contributed by atoms with Crippen molar-refractivity contribution in [1.82, 2.24) is 15.1 Å². The van der Waals surface area contributed by atoms with E-state index in [1.54, 1.807) is 24.0 Å². The number of hydrogen-bond donors (Lipinski definition) is 1. The van der Waals surface area contributed by atoms with Crippen molar-refractivity contribution < 1.29 is 31.9 Å². The molecule has 0 bridgehead atoms. The quantitative estimate of drug-likeness (QED) is 0.527. The summed E-state index contributed by atoms with van der Waals surface area (Å²) in [5.41, 5.74) is -0.631. The van der Waals surface area contributed by atoms with E-state index in [1.807, 2.05) is 0 Å². The van der Waals surface area contributed by atoms with Crippen molar-refractivity contribution in [2.45, 2.75) is 13.1 Å². The smallest absolute Gasteiger partial charge is 0.389 e. The highest BCUT2D eigenvalue weighted by Crippen LogP contribution is 2.32. The third-order valence-electron chi connectivity index (χ3n) is 5.54. The molecule has 1 fully saturated rings. The number of nitrogens with one attached hydrogen (secondary N) is 1. The molecule has 0 saturated carbocycles. The maximum absolute atomic E-state index is 13.8. The van der Waals surface area contributed by atoms with Crippen LogP contribution in [0.3, 0.4) is 0 Å². The second-order valence-electron chi connectivity index (χ2n) is 8.05. The molecule has 8 nitrogen and oxygen atoms in total. The molecule has 2 aromatic carbocycles. The van der Waals surface area contributed by atoms with Crippen LogP contribution in [-0.2, 0) is 6.18 Å². The molecule has 3 aromatic rings. The number of aryl methyl sites for hydroxylation is 1. The van der Waals surface area contributed by atoms with Gasteiger partial charge in [-0.25, -0.2) is 9.18 Å². The Morgan fingerprint density at radius 3 is 2.36 bits per heavy atom. The van der Waals surface area contributed by atoms with Crippen LogP contribution in [0, 0.1) is 12.7 Å². The molecule has 2 amide bonds. The number of halogens is 4. The van der Waals surface area contributed by atoms with Gasteiger partial charge in [-0.1, -0.05) is 18.2 Å². The zero-order valence-electron chi connectivity index (χ0n) is 19.1. The van der Waals surface area contributed by atoms with E-state index < -0.39 is 29.6 Å². The molecule has 36 heavy (non-hydrogen) atoms. The Kier molecular flexibility index (Phi) is 7.04. The summed E-state index contributed by atoms with van der Waals surface area (Å²) >= 11 is 0. The highest BCUT2D eigenvalue weighted by Gasteiger charge is 2.36. The number of alkyl halides is 3. The third kappa shape index (κ3) is 5.70. The Labute approximate surface area is 203 Å². The molecule has 0 spiro atoms. The maximum Gasteiger partial charge on any atom is 0.418 e. The number of piperazine rings is 1. The fourth-order valence-electron chi connectivity index (χ4n) is 3.73. The molecule has 0 radical (unpaired) electrons. The summed E-state index contributed by atoms with van der Waals surface area (Å²) in [5, 5.41) is 10.2. The lowest BCUT2D eigenvalue weighted by Gasteiger charge is -2.35. The number of ether oxygens (including phenoxy) is 1. The number of anilines is 2. The Balaban J connectivity index is 1.34. The number of nitrogens with zero attached hydrogens (tertiary/aromatic N) is 4. The van der Waals surface area contributed by atoms with Crippen LogP contribution in [-0.4, -0.2) is 53.3 Å². The van der Waals surface area contributed by atoms with Gasteiger partial charge in [-0.05, 0) is 42.8 Å². The summed E-state index contributed by atoms with van der Waals surface area (Å²) in [5.74, 6) is -0.968. The predicted octanol–water partition coefficient (Wildman–Crippen LogP) is 4.52. The molecule has 0 atom stereocenters. The molecule has 1 N–H and O–H groups in total. The number of rotatable bonds is 4. The van der Waals surface area contributed by atoms with Crippen molar-refractivity contribution >= 4 is 23.5 Å². The maximum atomic E-state index is 13.8. The van der Waals surface area contributed by atoms with Crippen LogP contribution in [0.4, 0.5) is 33.9 Å². The first-order valence-corrected chi connectivity index (χ1v) is 10.9. The Bertz CT molecular complexity index is 1260. The summed E-state index contributed by atoms with van der Waals surface area (Å²) in [4.78, 5) is 27.9. The van der Waals surface area contributed by atoms with E-state index in [1.165, 1.54) is 41.3 Å². The van der Waals surface area contributed by atoms with Crippen molar-refractivity contribution in [2.24, 2.45) is 0 Å². The van der Waals surface area contributed by atoms with Gasteiger partial charge in [0.2, 0.25) is 5.88 Å². The molecule has 1 aromatic heterocycles. The number of aromatic nitrogens is 2. The van der Waals surface area contributed by atoms with E-state index >= 15 is 0 Å². The first-order valence-electron chi connectivity index (χ1n) is 10.9. The fourth-order valence-corrected chi connectivity index (χ4v) is 3.73. The first-order chi connectivity index (χ1) is 17.1. The minimum Gasteiger partial charge on any atom is -0.389 e. The first kappa shape index (κ1) is 24.9. The van der Waals surface area contributed by atoms with Gasteiger partial charge in [0.25, 0.3) is 5.91 Å². The minimum absolute atomic E-state index is 0.0325. The number of benzene rings is 2. The van der Waals surface area contributed by atoms with Crippen LogP contribution in [0.1, 0.15) is 21.5 Å². The van der Waals surface area contributed by atoms with Crippen LogP contribution in [0.2, 0.25) is 0 Å². The molecule has 188 valence electrons. The fraction of sp³-hybridized carbons (Fsp3) is 0.250. The Morgan fingerprint density at radius 2 is 1.69 bits per heavy atom. The van der Waals surface area contributed by atoms with Crippen molar-refractivity contribution in [3.05, 3.63) is 77.1 Å². The van der Waals surface area contributed by atoms with E-state index in [0.29, 0.717) is 18.9 Å². The average Bonchev–Trinajstić information content (AvgIpc) is 2.86. The van der Waals surface area contributed by atoms with Crippen molar-refractivity contribution in [1.29, 1.82) is 0 Å². The van der Waals surface area contributed by atoms with Crippen molar-refractivity contribution in [3.8, 4) is 5.88 Å². The summed E-state index contributed by atoms with van der Waals surface area (Å²) in [7, 11) is 0. The van der Waals surface area contributed by atoms with Crippen molar-refractivity contribution in [3.63, 3.8) is 0 Å². The van der Waals surface area contributed by atoms with Gasteiger partial charge >= 0.3 is 12.3 Å². The van der Waals surface area contributed by atoms with Gasteiger partial charge in [0.1, 0.15) is 5.82 Å². The van der Waals surface area contributed by atoms with E-state index in [9.17, 15) is 27.2 Å². The van der Waals surface area contributed by atoms with Gasteiger partial charge in [0, 0.05) is 32.2 Å². The van der Waals surface area contributed by atoms with E-state index in [-0.39, 0.29) is 30.2 Å². The average molecular weight is 503 g/mol. The third-order valence-corrected chi connectivity index (χ3v) is 5.54. The molecule has 1 aliphatic rings. The molecule has 0 aliphatic carbocycles. The predicted molar refractivity (Wildman–Crippen MR) is 122 cm³/mol. The second-order valence-corrected chi connectivity index (χ2v) is 8.05. The molecule has 0 unspecified atom stereocenters. The molecule has 12 heteroatoms. The Morgan fingerprint density at radius 1 is 0.972 bits per heavy atom. The summed E-state index contributed by atoms with van der Waals surface area (Å²) in [6, 6.07) is 11.9. The number of carbonyl (C=O) groups is 2. The monoisotopic (exact) mass is 503 g/mol. The SMILES string of the molecule is Cc1ccc(F)c(NC(=O)Oc2ccc(N3CCN(C(=O)c4ccccc4C(F)(F)F)CC3)nn2)c1. The zero-order chi connectivity index (χ0) is 25.9. The largest absolute Gasteiger partial charge is 0.418 e. The highest BCUT2D eigenvalue weighted by atomic mass is 19.4. The van der Waals surface area contributed by atoms with Crippen LogP contribution < -0.4 is 15.0 Å². The minimum atomic E-state index is -4.63. The highest BCUT2D eigenvalue weighted by molar-refractivity contribution is 5.96. The molecule has 2 heterocycles. The summed E-state index contributed by atoms with van der Waals surface area (Å²) in [6.07, 6.45) is -5.56. The lowest BCUT2D eigenvalue weighted by Crippen LogP contribution is -2.49. The van der Waals surface area contributed by atoms with Crippen LogP contribution >= 0.6 is 0 Å². The molecule has 1 saturated heterocycles. The number of hydrogen-bond acceptors (Lipinski definition) is 6. The van der Waals surface area contributed by atoms with Gasteiger partial charge in [0.15, 0.2) is 5.82 Å². The molecule has 4 rings (SSSR count). The molecular weight excluding hydrogens is 482 g/mol. The van der Waals surface area contributed by atoms with Gasteiger partial charge in [-0.2, -0.15) is 13.2 Å². The van der Waals surface area contributed by atoms with Crippen molar-refractivity contribution in [2.75, 3.05) is 36.4 Å². The summed E-state index contributed by atoms with van der Waals surface area (Å²) < 4.78 is 58.6.